The fourth-order valence-corrected chi connectivity index (χ4v) is 2.54. The molecular formula is C15H8Cl2N2O2. The molecule has 0 unspecified atom stereocenters. The summed E-state index contributed by atoms with van der Waals surface area (Å²) < 4.78 is 0. The number of aromatic nitrogens is 2. The minimum absolute atomic E-state index is 0.0632. The molecule has 0 atom stereocenters. The zero-order valence-electron chi connectivity index (χ0n) is 10.5. The number of hydrogen-bond acceptors (Lipinski definition) is 4. The van der Waals surface area contributed by atoms with Crippen molar-refractivity contribution in [1.29, 1.82) is 0 Å². The molecule has 0 amide bonds. The van der Waals surface area contributed by atoms with E-state index in [1.165, 1.54) is 12.1 Å². The van der Waals surface area contributed by atoms with E-state index in [4.69, 9.17) is 23.2 Å². The van der Waals surface area contributed by atoms with E-state index in [1.54, 1.807) is 30.6 Å². The van der Waals surface area contributed by atoms with E-state index in [1.807, 2.05) is 0 Å². The largest absolute Gasteiger partial charge is 0.506 e. The summed E-state index contributed by atoms with van der Waals surface area (Å²) in [5.41, 5.74) is 1.72. The number of hydrogen-bond donors (Lipinski definition) is 1. The number of carbonyl (C=O) groups excluding carboxylic acids is 1. The summed E-state index contributed by atoms with van der Waals surface area (Å²) in [5, 5.41) is 9.75. The molecule has 1 heterocycles. The number of benzene rings is 2. The number of carbonyl (C=O) groups is 1. The normalized spacial score (nSPS) is 10.8. The lowest BCUT2D eigenvalue weighted by Gasteiger charge is -2.08. The second-order valence-corrected chi connectivity index (χ2v) is 5.13. The van der Waals surface area contributed by atoms with Gasteiger partial charge in [0.1, 0.15) is 5.75 Å². The predicted molar refractivity (Wildman–Crippen MR) is 81.1 cm³/mol. The van der Waals surface area contributed by atoms with Crippen LogP contribution in [0.1, 0.15) is 15.9 Å². The number of nitrogens with zero attached hydrogens (tertiary/aromatic N) is 2. The van der Waals surface area contributed by atoms with Crippen LogP contribution < -0.4 is 0 Å². The first-order valence-electron chi connectivity index (χ1n) is 6.00. The van der Waals surface area contributed by atoms with Crippen LogP contribution in [-0.4, -0.2) is 20.9 Å². The number of halogens is 2. The van der Waals surface area contributed by atoms with Gasteiger partial charge in [-0.25, -0.2) is 0 Å². The van der Waals surface area contributed by atoms with Gasteiger partial charge >= 0.3 is 0 Å². The lowest BCUT2D eigenvalue weighted by atomic mass is 10.0. The maximum Gasteiger partial charge on any atom is 0.196 e. The van der Waals surface area contributed by atoms with E-state index in [0.717, 1.165) is 0 Å². The van der Waals surface area contributed by atoms with Crippen molar-refractivity contribution in [2.75, 3.05) is 0 Å². The predicted octanol–water partition coefficient (Wildman–Crippen LogP) is 3.87. The highest BCUT2D eigenvalue weighted by Gasteiger charge is 2.19. The Bertz CT molecular complexity index is 865. The van der Waals surface area contributed by atoms with Gasteiger partial charge in [0.25, 0.3) is 0 Å². The number of phenols is 1. The average molecular weight is 319 g/mol. The smallest absolute Gasteiger partial charge is 0.196 e. The average Bonchev–Trinajstić information content (AvgIpc) is 2.51. The van der Waals surface area contributed by atoms with Crippen molar-refractivity contribution >= 4 is 40.0 Å². The summed E-state index contributed by atoms with van der Waals surface area (Å²) in [4.78, 5) is 20.8. The Kier molecular flexibility index (Phi) is 3.49. The Morgan fingerprint density at radius 3 is 2.48 bits per heavy atom. The molecule has 0 bridgehead atoms. The van der Waals surface area contributed by atoms with Crippen LogP contribution in [0.2, 0.25) is 10.0 Å². The molecule has 0 aliphatic rings. The molecule has 4 nitrogen and oxygen atoms in total. The summed E-state index contributed by atoms with van der Waals surface area (Å²) in [6.45, 7) is 0. The van der Waals surface area contributed by atoms with Gasteiger partial charge in [0.2, 0.25) is 0 Å². The molecule has 0 radical (unpaired) electrons. The van der Waals surface area contributed by atoms with Crippen molar-refractivity contribution < 1.29 is 9.90 Å². The van der Waals surface area contributed by atoms with Crippen molar-refractivity contribution in [1.82, 2.24) is 9.97 Å². The van der Waals surface area contributed by atoms with Gasteiger partial charge in [-0.2, -0.15) is 0 Å². The Labute approximate surface area is 130 Å². The summed E-state index contributed by atoms with van der Waals surface area (Å²) >= 11 is 12.0. The molecule has 0 saturated heterocycles. The maximum atomic E-state index is 12.6. The summed E-state index contributed by atoms with van der Waals surface area (Å²) in [7, 11) is 0. The molecular weight excluding hydrogens is 311 g/mol. The first-order chi connectivity index (χ1) is 10.1. The topological polar surface area (TPSA) is 63.1 Å². The summed E-state index contributed by atoms with van der Waals surface area (Å²) in [6, 6.07) is 7.70. The van der Waals surface area contributed by atoms with Crippen molar-refractivity contribution in [3.63, 3.8) is 0 Å². The van der Waals surface area contributed by atoms with Crippen LogP contribution in [0.3, 0.4) is 0 Å². The van der Waals surface area contributed by atoms with Crippen molar-refractivity contribution in [3.05, 3.63) is 63.9 Å². The fourth-order valence-electron chi connectivity index (χ4n) is 2.00. The molecule has 3 aromatic rings. The van der Waals surface area contributed by atoms with E-state index in [9.17, 15) is 9.90 Å². The Hall–Kier alpha value is -2.17. The number of aromatic hydroxyl groups is 1. The molecule has 2 aromatic carbocycles. The molecule has 6 heteroatoms. The summed E-state index contributed by atoms with van der Waals surface area (Å²) in [6.07, 6.45) is 3.12. The van der Waals surface area contributed by atoms with Crippen LogP contribution >= 0.6 is 23.2 Å². The van der Waals surface area contributed by atoms with E-state index in [-0.39, 0.29) is 27.1 Å². The lowest BCUT2D eigenvalue weighted by molar-refractivity contribution is 0.103. The molecule has 3 rings (SSSR count). The summed E-state index contributed by atoms with van der Waals surface area (Å²) in [5.74, 6) is -0.571. The molecule has 21 heavy (non-hydrogen) atoms. The van der Waals surface area contributed by atoms with E-state index >= 15 is 0 Å². The van der Waals surface area contributed by atoms with E-state index < -0.39 is 0 Å². The van der Waals surface area contributed by atoms with Crippen molar-refractivity contribution in [2.45, 2.75) is 0 Å². The molecule has 0 aliphatic heterocycles. The van der Waals surface area contributed by atoms with Crippen LogP contribution in [0.25, 0.3) is 11.0 Å². The number of phenolic OH excluding ortho intramolecular Hbond substituents is 1. The Morgan fingerprint density at radius 1 is 1.00 bits per heavy atom. The highest BCUT2D eigenvalue weighted by molar-refractivity contribution is 6.41. The SMILES string of the molecule is O=C(c1ccc2nccnc2c1)c1c(Cl)ccc(O)c1Cl. The van der Waals surface area contributed by atoms with Gasteiger partial charge in [-0.3, -0.25) is 14.8 Å². The number of rotatable bonds is 2. The quantitative estimate of drug-likeness (QED) is 0.728. The fraction of sp³-hybridized carbons (Fsp3) is 0. The van der Waals surface area contributed by atoms with Crippen LogP contribution in [0.4, 0.5) is 0 Å². The molecule has 0 spiro atoms. The lowest BCUT2D eigenvalue weighted by Crippen LogP contribution is -2.03. The first kappa shape index (κ1) is 13.8. The molecule has 0 aliphatic carbocycles. The van der Waals surface area contributed by atoms with Crippen LogP contribution in [0.5, 0.6) is 5.75 Å². The third-order valence-corrected chi connectivity index (χ3v) is 3.73. The Morgan fingerprint density at radius 2 is 1.71 bits per heavy atom. The zero-order chi connectivity index (χ0) is 15.0. The standard InChI is InChI=1S/C15H8Cl2N2O2/c16-9-2-4-12(20)14(17)13(9)15(21)8-1-3-10-11(7-8)19-6-5-18-10/h1-7,20H. The monoisotopic (exact) mass is 318 g/mol. The zero-order valence-corrected chi connectivity index (χ0v) is 12.1. The van der Waals surface area contributed by atoms with Gasteiger partial charge in [0, 0.05) is 18.0 Å². The molecule has 0 fully saturated rings. The highest BCUT2D eigenvalue weighted by Crippen LogP contribution is 2.34. The van der Waals surface area contributed by atoms with Crippen molar-refractivity contribution in [3.8, 4) is 5.75 Å². The van der Waals surface area contributed by atoms with Gasteiger partial charge in [-0.1, -0.05) is 23.2 Å². The van der Waals surface area contributed by atoms with Gasteiger partial charge in [0.15, 0.2) is 5.78 Å². The Balaban J connectivity index is 2.15. The van der Waals surface area contributed by atoms with Crippen LogP contribution in [0, 0.1) is 0 Å². The third kappa shape index (κ3) is 2.44. The third-order valence-electron chi connectivity index (χ3n) is 3.03. The second kappa shape index (κ2) is 5.31. The number of ketones is 1. The molecule has 1 aromatic heterocycles. The van der Waals surface area contributed by atoms with Crippen LogP contribution in [-0.2, 0) is 0 Å². The minimum Gasteiger partial charge on any atom is -0.506 e. The maximum absolute atomic E-state index is 12.6. The van der Waals surface area contributed by atoms with Gasteiger partial charge in [-0.05, 0) is 30.3 Å². The first-order valence-corrected chi connectivity index (χ1v) is 6.76. The van der Waals surface area contributed by atoms with E-state index in [2.05, 4.69) is 9.97 Å². The van der Waals surface area contributed by atoms with Gasteiger partial charge in [-0.15, -0.1) is 0 Å². The van der Waals surface area contributed by atoms with E-state index in [0.29, 0.717) is 16.6 Å². The van der Waals surface area contributed by atoms with Crippen LogP contribution in [0.15, 0.2) is 42.7 Å². The van der Waals surface area contributed by atoms with Gasteiger partial charge in [0.05, 0.1) is 26.6 Å². The molecule has 0 saturated carbocycles. The number of fused-ring (bicyclic) bond motifs is 1. The highest BCUT2D eigenvalue weighted by atomic mass is 35.5. The minimum atomic E-state index is -0.381. The molecule has 104 valence electrons. The second-order valence-electron chi connectivity index (χ2n) is 4.34. The molecule has 1 N–H and O–H groups in total. The van der Waals surface area contributed by atoms with Gasteiger partial charge < -0.3 is 5.11 Å². The van der Waals surface area contributed by atoms with Crippen molar-refractivity contribution in [2.24, 2.45) is 0 Å².